The zero-order chi connectivity index (χ0) is 68.9. The van der Waals surface area contributed by atoms with Gasteiger partial charge >= 0.3 is 0 Å². The topological polar surface area (TPSA) is 61.4 Å². The molecule has 0 fully saturated rings. The molecule has 19 rings (SSSR count). The first kappa shape index (κ1) is 61.2. The van der Waals surface area contributed by atoms with Crippen LogP contribution in [0.15, 0.2) is 388 Å². The molecule has 4 heterocycles. The van der Waals surface area contributed by atoms with Crippen molar-refractivity contribution in [3.63, 3.8) is 0 Å². The minimum Gasteiger partial charge on any atom is -0.309 e. The summed E-state index contributed by atoms with van der Waals surface area (Å²) < 4.78 is 4.81. The van der Waals surface area contributed by atoms with E-state index in [0.717, 1.165) is 129 Å². The van der Waals surface area contributed by atoms with E-state index in [0.29, 0.717) is 11.6 Å². The van der Waals surface area contributed by atoms with E-state index in [1.807, 2.05) is 18.2 Å². The molecule has 19 aromatic rings. The highest BCUT2D eigenvalue weighted by molar-refractivity contribution is 6.18. The third-order valence-corrected chi connectivity index (χ3v) is 20.2. The van der Waals surface area contributed by atoms with E-state index in [1.165, 1.54) is 49.3 Å². The Morgan fingerprint density at radius 1 is 0.163 bits per heavy atom. The van der Waals surface area contributed by atoms with Crippen LogP contribution in [-0.2, 0) is 0 Å². The fourth-order valence-electron chi connectivity index (χ4n) is 15.1. The Morgan fingerprint density at radius 3 is 0.846 bits per heavy atom. The van der Waals surface area contributed by atoms with Crippen LogP contribution in [0.25, 0.3) is 190 Å². The van der Waals surface area contributed by atoms with Gasteiger partial charge in [0.2, 0.25) is 0 Å². The number of aromatic nitrogens is 6. The van der Waals surface area contributed by atoms with Crippen LogP contribution in [0.4, 0.5) is 0 Å². The van der Waals surface area contributed by atoms with E-state index in [2.05, 4.69) is 379 Å². The Labute approximate surface area is 603 Å². The second-order valence-corrected chi connectivity index (χ2v) is 26.5. The molecule has 0 bridgehead atoms. The number of hydrogen-bond acceptors (Lipinski definition) is 4. The Morgan fingerprint density at radius 2 is 0.433 bits per heavy atom. The molecule has 0 N–H and O–H groups in total. The molecule has 0 aliphatic heterocycles. The maximum absolute atomic E-state index is 5.38. The van der Waals surface area contributed by atoms with Crippen LogP contribution < -0.4 is 0 Å². The van der Waals surface area contributed by atoms with E-state index >= 15 is 0 Å². The predicted octanol–water partition coefficient (Wildman–Crippen LogP) is 25.5. The molecule has 0 radical (unpaired) electrons. The van der Waals surface area contributed by atoms with Crippen LogP contribution in [0.5, 0.6) is 0 Å². The lowest BCUT2D eigenvalue weighted by Crippen LogP contribution is -1.96. The molecule has 0 aliphatic carbocycles. The van der Waals surface area contributed by atoms with Gasteiger partial charge in [0, 0.05) is 66.3 Å². The van der Waals surface area contributed by atoms with Gasteiger partial charge in [-0.05, 0) is 158 Å². The van der Waals surface area contributed by atoms with Crippen molar-refractivity contribution >= 4 is 43.6 Å². The lowest BCUT2D eigenvalue weighted by atomic mass is 9.94. The van der Waals surface area contributed by atoms with Crippen LogP contribution in [0, 0.1) is 0 Å². The Balaban J connectivity index is 0.653. The van der Waals surface area contributed by atoms with Gasteiger partial charge in [-0.2, -0.15) is 0 Å². The van der Waals surface area contributed by atoms with Gasteiger partial charge in [-0.3, -0.25) is 0 Å². The molecule has 0 amide bonds. The maximum atomic E-state index is 5.38. The Hall–Kier alpha value is -13.9. The molecule has 6 nitrogen and oxygen atoms in total. The molecule has 104 heavy (non-hydrogen) atoms. The number of fused-ring (bicyclic) bond motifs is 6. The molecule has 0 atom stereocenters. The first-order valence-electron chi connectivity index (χ1n) is 35.3. The van der Waals surface area contributed by atoms with Crippen molar-refractivity contribution in [2.24, 2.45) is 0 Å². The number of benzene rings is 15. The minimum absolute atomic E-state index is 0.658. The fourth-order valence-corrected chi connectivity index (χ4v) is 15.1. The van der Waals surface area contributed by atoms with Crippen molar-refractivity contribution in [3.8, 4) is 146 Å². The molecule has 0 unspecified atom stereocenters. The molecule has 0 spiro atoms. The van der Waals surface area contributed by atoms with E-state index < -0.39 is 0 Å². The predicted molar refractivity (Wildman–Crippen MR) is 432 cm³/mol. The van der Waals surface area contributed by atoms with Crippen LogP contribution in [0.2, 0.25) is 0 Å². The molecular weight excluding hydrogens is 1260 g/mol. The number of rotatable bonds is 14. The zero-order valence-electron chi connectivity index (χ0n) is 56.6. The quantitative estimate of drug-likeness (QED) is 0.109. The van der Waals surface area contributed by atoms with Crippen molar-refractivity contribution < 1.29 is 0 Å². The van der Waals surface area contributed by atoms with Gasteiger partial charge in [0.25, 0.3) is 0 Å². The monoisotopic (exact) mass is 1320 g/mol. The smallest absolute Gasteiger partial charge is 0.160 e. The number of hydrogen-bond donors (Lipinski definition) is 0. The largest absolute Gasteiger partial charge is 0.309 e. The first-order chi connectivity index (χ1) is 51.5. The summed E-state index contributed by atoms with van der Waals surface area (Å²) in [7, 11) is 0. The highest BCUT2D eigenvalue weighted by atomic mass is 15.0. The SMILES string of the molecule is c1ccc(-c2ccc3c(c2)c2c(-c4cccc(-c5cccc(-c6nc(-c7ccccc7)cc(-c7ccc(-c8ccc(-n9c%10ccc(-c%11ccccc%11)cc%10c%10c(-c%11cccc(-c%12nc(-c%13ccccc%13)cc(-c%13ccccc%13)n%12)c%11)cccc%109)cc8)cc7)n6)c5)c4)cccc2n3-c2ccccc2)cc1. The second kappa shape index (κ2) is 26.3. The number of nitrogens with zero attached hydrogens (tertiary/aromatic N) is 6. The van der Waals surface area contributed by atoms with Gasteiger partial charge in [-0.15, -0.1) is 0 Å². The van der Waals surface area contributed by atoms with Crippen molar-refractivity contribution in [2.75, 3.05) is 0 Å². The van der Waals surface area contributed by atoms with E-state index in [4.69, 9.17) is 19.9 Å². The second-order valence-electron chi connectivity index (χ2n) is 26.5. The summed E-state index contributed by atoms with van der Waals surface area (Å²) in [6, 6.07) is 139. The lowest BCUT2D eigenvalue weighted by molar-refractivity contribution is 1.18. The summed E-state index contributed by atoms with van der Waals surface area (Å²) in [6.45, 7) is 0. The summed E-state index contributed by atoms with van der Waals surface area (Å²) in [5.74, 6) is 1.33. The number of para-hydroxylation sites is 1. The average molecular weight is 1330 g/mol. The van der Waals surface area contributed by atoms with Gasteiger partial charge in [-0.1, -0.05) is 297 Å². The summed E-state index contributed by atoms with van der Waals surface area (Å²) in [4.78, 5) is 21.1. The van der Waals surface area contributed by atoms with Crippen LogP contribution in [0.3, 0.4) is 0 Å². The molecule has 6 heteroatoms. The van der Waals surface area contributed by atoms with Crippen molar-refractivity contribution in [1.82, 2.24) is 29.1 Å². The molecule has 486 valence electrons. The summed E-state index contributed by atoms with van der Waals surface area (Å²) in [5.41, 5.74) is 29.9. The highest BCUT2D eigenvalue weighted by Gasteiger charge is 2.22. The minimum atomic E-state index is 0.658. The summed E-state index contributed by atoms with van der Waals surface area (Å²) >= 11 is 0. The van der Waals surface area contributed by atoms with Gasteiger partial charge in [0.15, 0.2) is 11.6 Å². The molecular formula is C98H64N6. The van der Waals surface area contributed by atoms with Crippen molar-refractivity contribution in [1.29, 1.82) is 0 Å². The van der Waals surface area contributed by atoms with Crippen LogP contribution in [-0.4, -0.2) is 29.1 Å². The lowest BCUT2D eigenvalue weighted by Gasteiger charge is -2.12. The molecule has 0 saturated heterocycles. The first-order valence-corrected chi connectivity index (χ1v) is 35.3. The molecule has 15 aromatic carbocycles. The zero-order valence-corrected chi connectivity index (χ0v) is 56.6. The van der Waals surface area contributed by atoms with E-state index in [1.54, 1.807) is 0 Å². The third kappa shape index (κ3) is 11.4. The van der Waals surface area contributed by atoms with Crippen molar-refractivity contribution in [2.45, 2.75) is 0 Å². The van der Waals surface area contributed by atoms with Gasteiger partial charge < -0.3 is 9.13 Å². The maximum Gasteiger partial charge on any atom is 0.160 e. The van der Waals surface area contributed by atoms with Gasteiger partial charge in [0.05, 0.1) is 44.8 Å². The summed E-state index contributed by atoms with van der Waals surface area (Å²) in [5, 5.41) is 4.78. The Kier molecular flexibility index (Phi) is 15.5. The van der Waals surface area contributed by atoms with Gasteiger partial charge in [-0.25, -0.2) is 19.9 Å². The fraction of sp³-hybridized carbons (Fsp3) is 0. The third-order valence-electron chi connectivity index (χ3n) is 20.2. The van der Waals surface area contributed by atoms with Crippen LogP contribution >= 0.6 is 0 Å². The van der Waals surface area contributed by atoms with E-state index in [-0.39, 0.29) is 0 Å². The average Bonchev–Trinajstić information content (AvgIpc) is 1.58. The van der Waals surface area contributed by atoms with E-state index in [9.17, 15) is 0 Å². The molecule has 0 saturated carbocycles. The normalized spacial score (nSPS) is 11.5. The molecule has 0 aliphatic rings. The summed E-state index contributed by atoms with van der Waals surface area (Å²) in [6.07, 6.45) is 0. The van der Waals surface area contributed by atoms with Crippen molar-refractivity contribution in [3.05, 3.63) is 388 Å². The van der Waals surface area contributed by atoms with Gasteiger partial charge in [0.1, 0.15) is 0 Å². The van der Waals surface area contributed by atoms with Crippen LogP contribution in [0.1, 0.15) is 0 Å². The molecule has 4 aromatic heterocycles. The standard InChI is InChI=1S/C98H64N6/c1-7-24-65(25-8-1)75-52-56-91-85(61-75)95-83(42-22-44-93(95)103(91)81-40-17-6-18-41-81)77-36-19-34-73(58-77)74-35-20-38-79(59-74)97-99-89(71-32-15-5-16-33-71)64-90(102-97)72-48-46-67(47-49-72)68-50-54-82(55-51-68)104-92-57-53-76(66-26-9-2-10-27-66)62-86(92)96-84(43-23-45-94(96)104)78-37-21-39-80(60-78)98-100-87(69-28-11-3-12-29-69)63-88(101-98)70-30-13-4-14-31-70/h1-64H. The Bertz CT molecular complexity index is 6350. The highest BCUT2D eigenvalue weighted by Crippen LogP contribution is 2.45.